The summed E-state index contributed by atoms with van der Waals surface area (Å²) in [6.45, 7) is 1.97. The molecule has 0 saturated carbocycles. The number of benzene rings is 1. The van der Waals surface area contributed by atoms with Crippen molar-refractivity contribution in [3.63, 3.8) is 0 Å². The van der Waals surface area contributed by atoms with E-state index in [1.54, 1.807) is 0 Å². The second-order valence-electron chi connectivity index (χ2n) is 6.51. The van der Waals surface area contributed by atoms with E-state index >= 15 is 0 Å². The van der Waals surface area contributed by atoms with Gasteiger partial charge in [0.2, 0.25) is 0 Å². The summed E-state index contributed by atoms with van der Waals surface area (Å²) in [6.07, 6.45) is 0.361. The zero-order valence-electron chi connectivity index (χ0n) is 17.0. The number of hydrogen-bond acceptors (Lipinski definition) is 6. The quantitative estimate of drug-likeness (QED) is 0.250. The molecule has 0 saturated heterocycles. The van der Waals surface area contributed by atoms with Gasteiger partial charge in [0.05, 0.1) is 32.6 Å². The summed E-state index contributed by atoms with van der Waals surface area (Å²) < 4.78 is 51.7. The van der Waals surface area contributed by atoms with Gasteiger partial charge in [-0.3, -0.25) is 4.21 Å². The first-order chi connectivity index (χ1) is 15.0. The van der Waals surface area contributed by atoms with Gasteiger partial charge in [-0.15, -0.1) is 0 Å². The maximum atomic E-state index is 13.0. The zero-order valence-corrected chi connectivity index (χ0v) is 19.3. The molecule has 2 rings (SSSR count). The molecule has 1 heterocycles. The Kier molecular flexibility index (Phi) is 8.93. The maximum Gasteiger partial charge on any atom is 0.416 e. The summed E-state index contributed by atoms with van der Waals surface area (Å²) in [7, 11) is -1.50. The van der Waals surface area contributed by atoms with Crippen molar-refractivity contribution in [1.82, 2.24) is 15.3 Å². The fourth-order valence-corrected chi connectivity index (χ4v) is 3.61. The highest BCUT2D eigenvalue weighted by Crippen LogP contribution is 2.40. The van der Waals surface area contributed by atoms with Crippen LogP contribution in [-0.2, 0) is 26.6 Å². The smallest absolute Gasteiger partial charge is 0.382 e. The summed E-state index contributed by atoms with van der Waals surface area (Å²) >= 11 is 12.0. The number of aliphatic imine (C=N–C) groups is 1. The Morgan fingerprint density at radius 2 is 1.94 bits per heavy atom. The molecule has 0 aliphatic heterocycles. The van der Waals surface area contributed by atoms with Gasteiger partial charge in [0.15, 0.2) is 0 Å². The topological polar surface area (TPSA) is 112 Å². The number of nitrogen functional groups attached to an aromatic ring is 1. The highest BCUT2D eigenvalue weighted by molar-refractivity contribution is 7.84. The molecule has 8 nitrogen and oxygen atoms in total. The number of nitrogens with one attached hydrogen (secondary N) is 1. The first kappa shape index (κ1) is 25.9. The number of anilines is 1. The Labute approximate surface area is 194 Å². The monoisotopic (exact) mass is 513 g/mol. The molecule has 1 aromatic carbocycles. The van der Waals surface area contributed by atoms with Crippen molar-refractivity contribution in [2.75, 3.05) is 12.0 Å². The normalized spacial score (nSPS) is 13.2. The standard InChI is InChI=1S/C18H20Cl2F3N5O3S/c1-3-4-5-6-14(29)31-27-17(28-16(24)13(9-25-28)32(2)30)26-15-11(19)7-10(8-12(15)20)18(21,22)23/h7-9H,3-6,24H2,1-2H3,(H,26,27). The van der Waals surface area contributed by atoms with Crippen molar-refractivity contribution in [3.8, 4) is 0 Å². The lowest BCUT2D eigenvalue weighted by Gasteiger charge is -2.13. The van der Waals surface area contributed by atoms with Crippen LogP contribution < -0.4 is 11.2 Å². The number of carbonyl (C=O) groups is 1. The van der Waals surface area contributed by atoms with Gasteiger partial charge in [0.25, 0.3) is 5.96 Å². The molecule has 2 aromatic rings. The summed E-state index contributed by atoms with van der Waals surface area (Å²) in [6, 6.07) is 1.30. The van der Waals surface area contributed by atoms with Crippen molar-refractivity contribution in [3.05, 3.63) is 33.9 Å². The van der Waals surface area contributed by atoms with Crippen LogP contribution in [0.3, 0.4) is 0 Å². The number of rotatable bonds is 6. The van der Waals surface area contributed by atoms with Crippen molar-refractivity contribution >= 4 is 57.4 Å². The van der Waals surface area contributed by atoms with Gasteiger partial charge in [0, 0.05) is 12.7 Å². The van der Waals surface area contributed by atoms with Crippen LogP contribution in [0.5, 0.6) is 0 Å². The Morgan fingerprint density at radius 1 is 1.31 bits per heavy atom. The van der Waals surface area contributed by atoms with Gasteiger partial charge in [-0.25, -0.2) is 9.79 Å². The molecule has 0 amide bonds. The average Bonchev–Trinajstić information content (AvgIpc) is 3.08. The minimum atomic E-state index is -4.67. The minimum absolute atomic E-state index is 0.0988. The summed E-state index contributed by atoms with van der Waals surface area (Å²) in [4.78, 5) is 21.2. The molecule has 0 radical (unpaired) electrons. The van der Waals surface area contributed by atoms with E-state index < -0.39 is 38.6 Å². The summed E-state index contributed by atoms with van der Waals surface area (Å²) in [5.74, 6) is -1.04. The van der Waals surface area contributed by atoms with Crippen LogP contribution in [0.2, 0.25) is 10.0 Å². The molecule has 0 aliphatic carbocycles. The highest BCUT2D eigenvalue weighted by Gasteiger charge is 2.32. The molecule has 3 N–H and O–H groups in total. The highest BCUT2D eigenvalue weighted by atomic mass is 35.5. The molecule has 0 fully saturated rings. The van der Waals surface area contributed by atoms with Crippen LogP contribution >= 0.6 is 23.2 Å². The fourth-order valence-electron chi connectivity index (χ4n) is 2.46. The van der Waals surface area contributed by atoms with Crippen LogP contribution in [0.15, 0.2) is 28.2 Å². The van der Waals surface area contributed by atoms with E-state index in [9.17, 15) is 22.2 Å². The van der Waals surface area contributed by atoms with Crippen LogP contribution in [0.25, 0.3) is 0 Å². The lowest BCUT2D eigenvalue weighted by atomic mass is 10.2. The van der Waals surface area contributed by atoms with Gasteiger partial charge < -0.3 is 10.6 Å². The van der Waals surface area contributed by atoms with E-state index in [1.807, 2.05) is 6.92 Å². The number of hydroxylamine groups is 1. The third-order valence-electron chi connectivity index (χ3n) is 4.08. The number of halogens is 5. The second kappa shape index (κ2) is 11.0. The second-order valence-corrected chi connectivity index (χ2v) is 8.68. The average molecular weight is 514 g/mol. The molecule has 32 heavy (non-hydrogen) atoms. The predicted octanol–water partition coefficient (Wildman–Crippen LogP) is 4.69. The SMILES string of the molecule is CCCCCC(=O)ONC(=Nc1c(Cl)cc(C(F)(F)F)cc1Cl)n1ncc(S(C)=O)c1N. The van der Waals surface area contributed by atoms with Gasteiger partial charge in [-0.1, -0.05) is 43.0 Å². The molecule has 0 aliphatic rings. The van der Waals surface area contributed by atoms with Gasteiger partial charge in [-0.2, -0.15) is 28.4 Å². The Hall–Kier alpha value is -2.31. The van der Waals surface area contributed by atoms with Crippen molar-refractivity contribution < 1.29 is 27.0 Å². The predicted molar refractivity (Wildman–Crippen MR) is 116 cm³/mol. The van der Waals surface area contributed by atoms with E-state index in [0.717, 1.165) is 17.5 Å². The van der Waals surface area contributed by atoms with Crippen LogP contribution in [0.4, 0.5) is 24.7 Å². The number of unbranched alkanes of at least 4 members (excludes halogenated alkanes) is 2. The first-order valence-electron chi connectivity index (χ1n) is 9.23. The number of hydrogen-bond donors (Lipinski definition) is 2. The lowest BCUT2D eigenvalue weighted by Crippen LogP contribution is -2.34. The number of nitrogens with zero attached hydrogens (tertiary/aromatic N) is 3. The lowest BCUT2D eigenvalue weighted by molar-refractivity contribution is -0.148. The number of nitrogens with two attached hydrogens (primary N) is 1. The van der Waals surface area contributed by atoms with Crippen molar-refractivity contribution in [2.24, 2.45) is 4.99 Å². The number of carbonyl (C=O) groups excluding carboxylic acids is 1. The molecule has 1 aromatic heterocycles. The number of aromatic nitrogens is 2. The summed E-state index contributed by atoms with van der Waals surface area (Å²) in [5, 5.41) is 3.12. The van der Waals surface area contributed by atoms with Gasteiger partial charge in [-0.05, 0) is 18.6 Å². The van der Waals surface area contributed by atoms with E-state index in [2.05, 4.69) is 15.6 Å². The third kappa shape index (κ3) is 6.59. The van der Waals surface area contributed by atoms with Gasteiger partial charge in [0.1, 0.15) is 16.4 Å². The minimum Gasteiger partial charge on any atom is -0.382 e. The molecule has 1 atom stereocenters. The van der Waals surface area contributed by atoms with Gasteiger partial charge >= 0.3 is 12.1 Å². The van der Waals surface area contributed by atoms with E-state index in [4.69, 9.17) is 33.8 Å². The molecule has 0 spiro atoms. The molecular weight excluding hydrogens is 494 g/mol. The first-order valence-corrected chi connectivity index (χ1v) is 11.5. The Bertz CT molecular complexity index is 1020. The van der Waals surface area contributed by atoms with E-state index in [1.165, 1.54) is 12.5 Å². The number of alkyl halides is 3. The zero-order chi connectivity index (χ0) is 24.1. The maximum absolute atomic E-state index is 13.0. The molecule has 176 valence electrons. The molecule has 14 heteroatoms. The molecule has 0 bridgehead atoms. The summed E-state index contributed by atoms with van der Waals surface area (Å²) in [5.41, 5.74) is 6.92. The van der Waals surface area contributed by atoms with E-state index in [-0.39, 0.29) is 28.8 Å². The van der Waals surface area contributed by atoms with E-state index in [0.29, 0.717) is 18.6 Å². The molecule has 1 unspecified atom stereocenters. The Morgan fingerprint density at radius 3 is 2.44 bits per heavy atom. The largest absolute Gasteiger partial charge is 0.416 e. The third-order valence-corrected chi connectivity index (χ3v) is 5.59. The fraction of sp³-hybridized carbons (Fsp3) is 0.389. The molecular formula is C18H20Cl2F3N5O3S. The van der Waals surface area contributed by atoms with Crippen LogP contribution in [-0.4, -0.2) is 32.2 Å². The van der Waals surface area contributed by atoms with Crippen LogP contribution in [0, 0.1) is 0 Å². The van der Waals surface area contributed by atoms with Crippen LogP contribution in [0.1, 0.15) is 38.2 Å². The Balaban J connectivity index is 2.46. The van der Waals surface area contributed by atoms with Crippen molar-refractivity contribution in [2.45, 2.75) is 43.7 Å². The van der Waals surface area contributed by atoms with Crippen molar-refractivity contribution in [1.29, 1.82) is 0 Å².